The molecule has 0 unspecified atom stereocenters. The highest BCUT2D eigenvalue weighted by Crippen LogP contribution is 2.30. The Hall–Kier alpha value is -2.23. The minimum absolute atomic E-state index is 0.0999. The number of carbonyl (C=O) groups excluding carboxylic acids is 1. The largest absolute Gasteiger partial charge is 0.387 e. The van der Waals surface area contributed by atoms with Crippen molar-refractivity contribution in [2.24, 2.45) is 5.41 Å². The van der Waals surface area contributed by atoms with Gasteiger partial charge in [0.2, 0.25) is 5.78 Å². The fourth-order valence-corrected chi connectivity index (χ4v) is 1.86. The quantitative estimate of drug-likeness (QED) is 0.824. The number of nitrogens with one attached hydrogen (secondary N) is 1. The molecule has 1 aliphatic rings. The minimum atomic E-state index is -0.365. The lowest BCUT2D eigenvalue weighted by Gasteiger charge is -2.23. The Bertz CT molecular complexity index is 542. The first-order valence-corrected chi connectivity index (χ1v) is 6.20. The molecule has 0 radical (unpaired) electrons. The molecule has 19 heavy (non-hydrogen) atoms. The van der Waals surface area contributed by atoms with Gasteiger partial charge in [-0.2, -0.15) is 0 Å². The van der Waals surface area contributed by atoms with Crippen molar-refractivity contribution in [3.05, 3.63) is 60.4 Å². The first kappa shape index (κ1) is 13.2. The van der Waals surface area contributed by atoms with E-state index in [1.807, 2.05) is 38.2 Å². The summed E-state index contributed by atoms with van der Waals surface area (Å²) in [6.45, 7) is 4.70. The molecule has 0 amide bonds. The fourth-order valence-electron chi connectivity index (χ4n) is 1.86. The summed E-state index contributed by atoms with van der Waals surface area (Å²) in [6.07, 6.45) is 14.3. The van der Waals surface area contributed by atoms with Crippen LogP contribution < -0.4 is 5.32 Å². The van der Waals surface area contributed by atoms with E-state index in [4.69, 9.17) is 0 Å². The Morgan fingerprint density at radius 2 is 2.16 bits per heavy atom. The molecule has 1 aromatic heterocycles. The Morgan fingerprint density at radius 1 is 1.32 bits per heavy atom. The standard InChI is InChI=1S/C15H17N3O/c1-15(2)6-4-3-5-7-16-10-12(15)14(19)13-11-17-8-9-18-13/h3-6,8-11,16H,7H2,1-2H3/b5-3-,6-4-,12-10-. The van der Waals surface area contributed by atoms with Gasteiger partial charge >= 0.3 is 0 Å². The molecule has 4 heteroatoms. The number of ketones is 1. The molecule has 0 atom stereocenters. The van der Waals surface area contributed by atoms with Gasteiger partial charge in [-0.25, -0.2) is 4.98 Å². The Kier molecular flexibility index (Phi) is 3.90. The van der Waals surface area contributed by atoms with Crippen molar-refractivity contribution >= 4 is 5.78 Å². The topological polar surface area (TPSA) is 54.9 Å². The van der Waals surface area contributed by atoms with Gasteiger partial charge in [0.25, 0.3) is 0 Å². The Balaban J connectivity index is 2.37. The molecule has 2 heterocycles. The summed E-state index contributed by atoms with van der Waals surface area (Å²) in [5.74, 6) is -0.0999. The minimum Gasteiger partial charge on any atom is -0.387 e. The van der Waals surface area contributed by atoms with Gasteiger partial charge in [0.1, 0.15) is 5.69 Å². The molecular formula is C15H17N3O. The molecule has 1 aromatic rings. The molecule has 0 aromatic carbocycles. The van der Waals surface area contributed by atoms with Gasteiger partial charge in [0, 0.05) is 36.1 Å². The number of rotatable bonds is 2. The van der Waals surface area contributed by atoms with E-state index in [9.17, 15) is 4.79 Å². The maximum absolute atomic E-state index is 12.5. The van der Waals surface area contributed by atoms with E-state index in [-0.39, 0.29) is 11.2 Å². The summed E-state index contributed by atoms with van der Waals surface area (Å²) in [7, 11) is 0. The second-order valence-corrected chi connectivity index (χ2v) is 4.89. The van der Waals surface area contributed by atoms with Crippen LogP contribution in [0.2, 0.25) is 0 Å². The molecule has 4 nitrogen and oxygen atoms in total. The maximum atomic E-state index is 12.5. The zero-order valence-electron chi connectivity index (χ0n) is 11.1. The average molecular weight is 255 g/mol. The summed E-state index contributed by atoms with van der Waals surface area (Å²) in [6, 6.07) is 0. The zero-order chi connectivity index (χ0) is 13.7. The van der Waals surface area contributed by atoms with E-state index in [1.54, 1.807) is 12.4 Å². The SMILES string of the molecule is CC1(C)/C=C\C=C/CN/C=C\1C(=O)c1cnccn1. The summed E-state index contributed by atoms with van der Waals surface area (Å²) in [5, 5.41) is 3.13. The summed E-state index contributed by atoms with van der Waals surface area (Å²) >= 11 is 0. The number of aromatic nitrogens is 2. The van der Waals surface area contributed by atoms with Gasteiger partial charge in [0.15, 0.2) is 0 Å². The monoisotopic (exact) mass is 255 g/mol. The molecule has 0 aliphatic carbocycles. The third kappa shape index (κ3) is 3.16. The van der Waals surface area contributed by atoms with Crippen molar-refractivity contribution in [3.8, 4) is 0 Å². The lowest BCUT2D eigenvalue weighted by Crippen LogP contribution is -2.23. The van der Waals surface area contributed by atoms with Crippen LogP contribution in [0.15, 0.2) is 54.7 Å². The van der Waals surface area contributed by atoms with Gasteiger partial charge in [-0.05, 0) is 0 Å². The first-order valence-electron chi connectivity index (χ1n) is 6.20. The number of carbonyl (C=O) groups is 1. The molecule has 98 valence electrons. The van der Waals surface area contributed by atoms with Crippen molar-refractivity contribution in [3.63, 3.8) is 0 Å². The number of nitrogens with zero attached hydrogens (tertiary/aromatic N) is 2. The van der Waals surface area contributed by atoms with Crippen molar-refractivity contribution in [2.45, 2.75) is 13.8 Å². The number of hydrogen-bond acceptors (Lipinski definition) is 4. The lowest BCUT2D eigenvalue weighted by atomic mass is 9.81. The summed E-state index contributed by atoms with van der Waals surface area (Å²) < 4.78 is 0. The van der Waals surface area contributed by atoms with Gasteiger partial charge in [-0.15, -0.1) is 0 Å². The second kappa shape index (κ2) is 5.61. The van der Waals surface area contributed by atoms with Crippen LogP contribution in [0, 0.1) is 5.41 Å². The van der Waals surface area contributed by atoms with Crippen LogP contribution in [0.3, 0.4) is 0 Å². The second-order valence-electron chi connectivity index (χ2n) is 4.89. The molecule has 0 bridgehead atoms. The highest BCUT2D eigenvalue weighted by Gasteiger charge is 2.27. The van der Waals surface area contributed by atoms with Crippen LogP contribution in [0.5, 0.6) is 0 Å². The molecule has 2 rings (SSSR count). The molecular weight excluding hydrogens is 238 g/mol. The van der Waals surface area contributed by atoms with E-state index in [0.29, 0.717) is 17.8 Å². The highest BCUT2D eigenvalue weighted by atomic mass is 16.1. The third-order valence-corrected chi connectivity index (χ3v) is 2.98. The predicted molar refractivity (Wildman–Crippen MR) is 74.5 cm³/mol. The van der Waals surface area contributed by atoms with Crippen molar-refractivity contribution in [1.29, 1.82) is 0 Å². The summed E-state index contributed by atoms with van der Waals surface area (Å²) in [4.78, 5) is 20.6. The molecule has 0 fully saturated rings. The predicted octanol–water partition coefficient (Wildman–Crippen LogP) is 2.29. The van der Waals surface area contributed by atoms with Crippen molar-refractivity contribution < 1.29 is 4.79 Å². The Labute approximate surface area is 113 Å². The van der Waals surface area contributed by atoms with Gasteiger partial charge in [-0.1, -0.05) is 38.2 Å². The smallest absolute Gasteiger partial charge is 0.211 e. The van der Waals surface area contributed by atoms with Crippen LogP contribution in [-0.2, 0) is 0 Å². The van der Waals surface area contributed by atoms with Gasteiger partial charge in [0.05, 0.1) is 6.20 Å². The maximum Gasteiger partial charge on any atom is 0.211 e. The van der Waals surface area contributed by atoms with Crippen molar-refractivity contribution in [1.82, 2.24) is 15.3 Å². The van der Waals surface area contributed by atoms with Gasteiger partial charge in [-0.3, -0.25) is 9.78 Å². The van der Waals surface area contributed by atoms with E-state index >= 15 is 0 Å². The number of hydrogen-bond donors (Lipinski definition) is 1. The highest BCUT2D eigenvalue weighted by molar-refractivity contribution is 6.08. The van der Waals surface area contributed by atoms with Crippen LogP contribution in [-0.4, -0.2) is 22.3 Å². The van der Waals surface area contributed by atoms with Crippen LogP contribution in [0.1, 0.15) is 24.3 Å². The van der Waals surface area contributed by atoms with Crippen molar-refractivity contribution in [2.75, 3.05) is 6.54 Å². The van der Waals surface area contributed by atoms with Crippen LogP contribution in [0.25, 0.3) is 0 Å². The molecule has 0 saturated heterocycles. The number of allylic oxidation sites excluding steroid dienone is 4. The van der Waals surface area contributed by atoms with E-state index in [1.165, 1.54) is 12.4 Å². The first-order chi connectivity index (χ1) is 9.11. The molecule has 0 spiro atoms. The molecule has 0 saturated carbocycles. The molecule has 1 N–H and O–H groups in total. The van der Waals surface area contributed by atoms with Crippen LogP contribution >= 0.6 is 0 Å². The Morgan fingerprint density at radius 3 is 2.89 bits per heavy atom. The van der Waals surface area contributed by atoms with Gasteiger partial charge < -0.3 is 5.32 Å². The zero-order valence-corrected chi connectivity index (χ0v) is 11.1. The third-order valence-electron chi connectivity index (χ3n) is 2.98. The molecule has 1 aliphatic heterocycles. The van der Waals surface area contributed by atoms with E-state index in [2.05, 4.69) is 15.3 Å². The normalized spacial score (nSPS) is 23.8. The van der Waals surface area contributed by atoms with Crippen LogP contribution in [0.4, 0.5) is 0 Å². The lowest BCUT2D eigenvalue weighted by molar-refractivity contribution is 0.101. The average Bonchev–Trinajstić information content (AvgIpc) is 2.49. The van der Waals surface area contributed by atoms with E-state index in [0.717, 1.165) is 0 Å². The fraction of sp³-hybridized carbons (Fsp3) is 0.267. The number of Topliss-reactive ketones (excluding diaryl/α,β-unsaturated/α-hetero) is 1. The van der Waals surface area contributed by atoms with E-state index < -0.39 is 0 Å². The summed E-state index contributed by atoms with van der Waals surface area (Å²) in [5.41, 5.74) is 0.674.